The van der Waals surface area contributed by atoms with E-state index in [0.717, 1.165) is 6.54 Å². The minimum absolute atomic E-state index is 0.881. The van der Waals surface area contributed by atoms with Crippen LogP contribution in [0.25, 0.3) is 0 Å². The van der Waals surface area contributed by atoms with Crippen molar-refractivity contribution in [3.05, 3.63) is 64.7 Å². The molecule has 2 rings (SSSR count). The van der Waals surface area contributed by atoms with Crippen molar-refractivity contribution >= 4 is 5.69 Å². The number of rotatable bonds is 3. The van der Waals surface area contributed by atoms with Gasteiger partial charge in [-0.25, -0.2) is 0 Å². The summed E-state index contributed by atoms with van der Waals surface area (Å²) in [4.78, 5) is 0. The summed E-state index contributed by atoms with van der Waals surface area (Å²) in [6.45, 7) is 7.27. The molecule has 2 aromatic carbocycles. The lowest BCUT2D eigenvalue weighted by atomic mass is 10.1. The molecule has 88 valence electrons. The van der Waals surface area contributed by atoms with Gasteiger partial charge in [0, 0.05) is 12.2 Å². The molecule has 0 aromatic heterocycles. The summed E-state index contributed by atoms with van der Waals surface area (Å²) in [5, 5.41) is 3.44. The van der Waals surface area contributed by atoms with E-state index in [1.54, 1.807) is 0 Å². The Morgan fingerprint density at radius 3 is 1.94 bits per heavy atom. The van der Waals surface area contributed by atoms with Gasteiger partial charge < -0.3 is 5.32 Å². The lowest BCUT2D eigenvalue weighted by Crippen LogP contribution is -2.00. The highest BCUT2D eigenvalue weighted by Gasteiger charge is 1.96. The fraction of sp³-hybridized carbons (Fsp3) is 0.250. The van der Waals surface area contributed by atoms with E-state index in [0.29, 0.717) is 0 Å². The van der Waals surface area contributed by atoms with E-state index in [1.165, 1.54) is 27.9 Å². The summed E-state index contributed by atoms with van der Waals surface area (Å²) >= 11 is 0. The van der Waals surface area contributed by atoms with Crippen molar-refractivity contribution in [3.63, 3.8) is 0 Å². The molecule has 0 saturated heterocycles. The molecule has 0 saturated carbocycles. The quantitative estimate of drug-likeness (QED) is 0.824. The van der Waals surface area contributed by atoms with Gasteiger partial charge >= 0.3 is 0 Å². The second-order valence-corrected chi connectivity index (χ2v) is 4.72. The second-order valence-electron chi connectivity index (χ2n) is 4.72. The van der Waals surface area contributed by atoms with Gasteiger partial charge in [-0.3, -0.25) is 0 Å². The number of anilines is 1. The fourth-order valence-corrected chi connectivity index (χ4v) is 2.05. The maximum absolute atomic E-state index is 3.44. The smallest absolute Gasteiger partial charge is 0.0400 e. The van der Waals surface area contributed by atoms with Crippen molar-refractivity contribution in [2.45, 2.75) is 27.3 Å². The van der Waals surface area contributed by atoms with Crippen LogP contribution in [0.4, 0.5) is 5.69 Å². The van der Waals surface area contributed by atoms with Crippen molar-refractivity contribution in [3.8, 4) is 0 Å². The average molecular weight is 225 g/mol. The van der Waals surface area contributed by atoms with E-state index in [2.05, 4.69) is 68.6 Å². The molecule has 0 aliphatic heterocycles. The Hall–Kier alpha value is -1.76. The van der Waals surface area contributed by atoms with Crippen LogP contribution in [0.5, 0.6) is 0 Å². The van der Waals surface area contributed by atoms with Crippen LogP contribution < -0.4 is 5.32 Å². The Morgan fingerprint density at radius 1 is 0.765 bits per heavy atom. The first kappa shape index (κ1) is 11.7. The van der Waals surface area contributed by atoms with Crippen LogP contribution in [0, 0.1) is 20.8 Å². The minimum Gasteiger partial charge on any atom is -0.381 e. The Morgan fingerprint density at radius 2 is 1.35 bits per heavy atom. The topological polar surface area (TPSA) is 12.0 Å². The van der Waals surface area contributed by atoms with Crippen LogP contribution in [-0.2, 0) is 6.54 Å². The zero-order chi connectivity index (χ0) is 12.3. The van der Waals surface area contributed by atoms with E-state index >= 15 is 0 Å². The predicted octanol–water partition coefficient (Wildman–Crippen LogP) is 4.22. The van der Waals surface area contributed by atoms with Crippen molar-refractivity contribution in [1.82, 2.24) is 0 Å². The standard InChI is InChI=1S/C16H19N/c1-12-4-6-16(7-5-12)17-11-15-9-13(2)8-14(3)10-15/h4-10,17H,11H2,1-3H3. The molecule has 1 heteroatoms. The zero-order valence-corrected chi connectivity index (χ0v) is 10.7. The first-order valence-corrected chi connectivity index (χ1v) is 6.01. The van der Waals surface area contributed by atoms with Gasteiger partial charge in [-0.05, 0) is 38.5 Å². The van der Waals surface area contributed by atoms with Gasteiger partial charge in [-0.15, -0.1) is 0 Å². The van der Waals surface area contributed by atoms with Gasteiger partial charge in [0.05, 0.1) is 0 Å². The highest BCUT2D eigenvalue weighted by atomic mass is 14.9. The van der Waals surface area contributed by atoms with E-state index in [9.17, 15) is 0 Å². The van der Waals surface area contributed by atoms with Crippen molar-refractivity contribution < 1.29 is 0 Å². The zero-order valence-electron chi connectivity index (χ0n) is 10.7. The van der Waals surface area contributed by atoms with Gasteiger partial charge in [-0.1, -0.05) is 47.0 Å². The third kappa shape index (κ3) is 3.35. The van der Waals surface area contributed by atoms with E-state index in [4.69, 9.17) is 0 Å². The van der Waals surface area contributed by atoms with Gasteiger partial charge in [0.2, 0.25) is 0 Å². The highest BCUT2D eigenvalue weighted by molar-refractivity contribution is 5.45. The van der Waals surface area contributed by atoms with Crippen LogP contribution in [0.3, 0.4) is 0 Å². The number of hydrogen-bond donors (Lipinski definition) is 1. The number of hydrogen-bond acceptors (Lipinski definition) is 1. The molecule has 0 aliphatic carbocycles. The number of nitrogens with one attached hydrogen (secondary N) is 1. The average Bonchev–Trinajstić information content (AvgIpc) is 2.27. The van der Waals surface area contributed by atoms with Crippen molar-refractivity contribution in [2.75, 3.05) is 5.32 Å². The Labute approximate surface area is 103 Å². The van der Waals surface area contributed by atoms with Crippen LogP contribution in [-0.4, -0.2) is 0 Å². The molecule has 1 N–H and O–H groups in total. The molecule has 1 nitrogen and oxygen atoms in total. The SMILES string of the molecule is Cc1ccc(NCc2cc(C)cc(C)c2)cc1. The Bertz CT molecular complexity index is 477. The lowest BCUT2D eigenvalue weighted by Gasteiger charge is -2.08. The fourth-order valence-electron chi connectivity index (χ4n) is 2.05. The predicted molar refractivity (Wildman–Crippen MR) is 74.4 cm³/mol. The molecule has 0 radical (unpaired) electrons. The summed E-state index contributed by atoms with van der Waals surface area (Å²) in [5.74, 6) is 0. The summed E-state index contributed by atoms with van der Waals surface area (Å²) < 4.78 is 0. The normalized spacial score (nSPS) is 10.3. The molecule has 0 bridgehead atoms. The van der Waals surface area contributed by atoms with Crippen molar-refractivity contribution in [1.29, 1.82) is 0 Å². The second kappa shape index (κ2) is 5.05. The third-order valence-electron chi connectivity index (χ3n) is 2.83. The highest BCUT2D eigenvalue weighted by Crippen LogP contribution is 2.13. The summed E-state index contributed by atoms with van der Waals surface area (Å²) in [6, 6.07) is 15.2. The monoisotopic (exact) mass is 225 g/mol. The van der Waals surface area contributed by atoms with Crippen LogP contribution in [0.15, 0.2) is 42.5 Å². The Kier molecular flexibility index (Phi) is 3.48. The molecule has 0 fully saturated rings. The maximum atomic E-state index is 3.44. The molecule has 0 heterocycles. The molecular formula is C16H19N. The maximum Gasteiger partial charge on any atom is 0.0400 e. The van der Waals surface area contributed by atoms with Crippen LogP contribution >= 0.6 is 0 Å². The third-order valence-corrected chi connectivity index (χ3v) is 2.83. The van der Waals surface area contributed by atoms with Gasteiger partial charge in [0.15, 0.2) is 0 Å². The Balaban J connectivity index is 2.04. The first-order valence-electron chi connectivity index (χ1n) is 6.01. The molecule has 17 heavy (non-hydrogen) atoms. The van der Waals surface area contributed by atoms with Crippen LogP contribution in [0.1, 0.15) is 22.3 Å². The van der Waals surface area contributed by atoms with Crippen LogP contribution in [0.2, 0.25) is 0 Å². The molecular weight excluding hydrogens is 206 g/mol. The summed E-state index contributed by atoms with van der Waals surface area (Å²) in [6.07, 6.45) is 0. The summed E-state index contributed by atoms with van der Waals surface area (Å²) in [7, 11) is 0. The van der Waals surface area contributed by atoms with E-state index in [1.807, 2.05) is 0 Å². The van der Waals surface area contributed by atoms with Crippen molar-refractivity contribution in [2.24, 2.45) is 0 Å². The number of benzene rings is 2. The number of aryl methyl sites for hydroxylation is 3. The molecule has 2 aromatic rings. The molecule has 0 unspecified atom stereocenters. The largest absolute Gasteiger partial charge is 0.381 e. The summed E-state index contributed by atoms with van der Waals surface area (Å²) in [5.41, 5.74) is 6.45. The van der Waals surface area contributed by atoms with E-state index in [-0.39, 0.29) is 0 Å². The molecule has 0 aliphatic rings. The van der Waals surface area contributed by atoms with Gasteiger partial charge in [0.25, 0.3) is 0 Å². The lowest BCUT2D eigenvalue weighted by molar-refractivity contribution is 1.13. The minimum atomic E-state index is 0.881. The van der Waals surface area contributed by atoms with Gasteiger partial charge in [0.1, 0.15) is 0 Å². The molecule has 0 amide bonds. The first-order chi connectivity index (χ1) is 8.13. The van der Waals surface area contributed by atoms with E-state index < -0.39 is 0 Å². The molecule has 0 spiro atoms. The molecule has 0 atom stereocenters. The van der Waals surface area contributed by atoms with Gasteiger partial charge in [-0.2, -0.15) is 0 Å².